The van der Waals surface area contributed by atoms with Gasteiger partial charge in [-0.2, -0.15) is 0 Å². The second kappa shape index (κ2) is 10.2. The fourth-order valence-corrected chi connectivity index (χ4v) is 4.09. The first-order valence-corrected chi connectivity index (χ1v) is 11.5. The number of rotatable bonds is 6. The van der Waals surface area contributed by atoms with Crippen molar-refractivity contribution in [2.24, 2.45) is 5.73 Å². The summed E-state index contributed by atoms with van der Waals surface area (Å²) in [5.74, 6) is 0.914. The van der Waals surface area contributed by atoms with Gasteiger partial charge in [0.2, 0.25) is 5.90 Å². The van der Waals surface area contributed by atoms with Crippen molar-refractivity contribution in [3.8, 4) is 22.5 Å². The average Bonchev–Trinajstić information content (AvgIpc) is 2.93. The molecule has 0 amide bonds. The molecule has 0 aliphatic heterocycles. The molecule has 3 heterocycles. The van der Waals surface area contributed by atoms with E-state index < -0.39 is 6.02 Å². The van der Waals surface area contributed by atoms with Gasteiger partial charge in [0, 0.05) is 31.2 Å². The Balaban J connectivity index is 1.67. The molecule has 37 heavy (non-hydrogen) atoms. The number of anilines is 1. The molecule has 9 nitrogen and oxygen atoms in total. The van der Waals surface area contributed by atoms with E-state index in [9.17, 15) is 0 Å². The van der Waals surface area contributed by atoms with Crippen LogP contribution in [0.3, 0.4) is 0 Å². The first-order chi connectivity index (χ1) is 18.0. The zero-order valence-corrected chi connectivity index (χ0v) is 20.1. The van der Waals surface area contributed by atoms with Crippen molar-refractivity contribution in [1.29, 1.82) is 10.8 Å². The lowest BCUT2D eigenvalue weighted by Gasteiger charge is -2.22. The van der Waals surface area contributed by atoms with Crippen LogP contribution in [0.1, 0.15) is 11.3 Å². The Morgan fingerprint density at radius 3 is 2.49 bits per heavy atom. The molecular formula is C28H24N8O. The normalized spacial score (nSPS) is 10.7. The Kier molecular flexibility index (Phi) is 6.50. The number of nitrogens with one attached hydrogen (secondary N) is 2. The number of hydrogen-bond acceptors (Lipinski definition) is 8. The Morgan fingerprint density at radius 2 is 1.73 bits per heavy atom. The van der Waals surface area contributed by atoms with E-state index in [0.717, 1.165) is 33.5 Å². The van der Waals surface area contributed by atoms with E-state index in [1.54, 1.807) is 18.5 Å². The van der Waals surface area contributed by atoms with Gasteiger partial charge in [-0.3, -0.25) is 20.8 Å². The number of hydrogen-bond donors (Lipinski definition) is 3. The molecule has 2 aromatic carbocycles. The molecule has 0 saturated heterocycles. The summed E-state index contributed by atoms with van der Waals surface area (Å²) in [4.78, 5) is 20.6. The standard InChI is InChI=1S/C28H24N8O/c1-36(17-21-10-5-6-13-33-21)27-24-22(18-8-3-2-4-9-18)11-7-12-23(24)34-26(35-27)20-14-19(15-32-16-20)25(29)37-28(30)31/h2-16,29H,17H2,1H3,(H3,30,31). The molecule has 5 rings (SSSR count). The van der Waals surface area contributed by atoms with E-state index in [1.165, 1.54) is 6.20 Å². The summed E-state index contributed by atoms with van der Waals surface area (Å²) in [5, 5.41) is 16.3. The molecule has 0 spiro atoms. The number of amidine groups is 1. The molecule has 5 aromatic rings. The zero-order chi connectivity index (χ0) is 25.8. The second-order valence-corrected chi connectivity index (χ2v) is 8.37. The molecule has 182 valence electrons. The average molecular weight is 489 g/mol. The minimum absolute atomic E-state index is 0.276. The van der Waals surface area contributed by atoms with Crippen molar-refractivity contribution in [3.63, 3.8) is 0 Å². The van der Waals surface area contributed by atoms with Crippen molar-refractivity contribution in [1.82, 2.24) is 19.9 Å². The zero-order valence-electron chi connectivity index (χ0n) is 20.1. The van der Waals surface area contributed by atoms with E-state index in [2.05, 4.69) is 33.1 Å². The van der Waals surface area contributed by atoms with Crippen LogP contribution in [0.2, 0.25) is 0 Å². The van der Waals surface area contributed by atoms with Crippen molar-refractivity contribution in [2.45, 2.75) is 6.54 Å². The minimum Gasteiger partial charge on any atom is -0.407 e. The molecule has 3 aromatic heterocycles. The van der Waals surface area contributed by atoms with Gasteiger partial charge in [0.15, 0.2) is 5.82 Å². The highest BCUT2D eigenvalue weighted by Gasteiger charge is 2.18. The number of fused-ring (bicyclic) bond motifs is 1. The van der Waals surface area contributed by atoms with Gasteiger partial charge in [0.1, 0.15) is 5.82 Å². The fourth-order valence-electron chi connectivity index (χ4n) is 4.09. The molecule has 9 heteroatoms. The van der Waals surface area contributed by atoms with Crippen LogP contribution < -0.4 is 10.6 Å². The van der Waals surface area contributed by atoms with Gasteiger partial charge >= 0.3 is 0 Å². The quantitative estimate of drug-likeness (QED) is 0.234. The molecule has 0 unspecified atom stereocenters. The number of nitrogens with zero attached hydrogens (tertiary/aromatic N) is 5. The smallest absolute Gasteiger partial charge is 0.285 e. The highest BCUT2D eigenvalue weighted by atomic mass is 16.5. The van der Waals surface area contributed by atoms with Crippen LogP contribution in [0.4, 0.5) is 5.82 Å². The van der Waals surface area contributed by atoms with Crippen LogP contribution in [0.15, 0.2) is 91.4 Å². The van der Waals surface area contributed by atoms with Gasteiger partial charge < -0.3 is 15.4 Å². The van der Waals surface area contributed by atoms with Crippen molar-refractivity contribution >= 4 is 28.6 Å². The first kappa shape index (κ1) is 23.6. The van der Waals surface area contributed by atoms with E-state index in [1.807, 2.05) is 55.6 Å². The Hall–Kier alpha value is -5.18. The van der Waals surface area contributed by atoms with Gasteiger partial charge in [-0.15, -0.1) is 0 Å². The van der Waals surface area contributed by atoms with E-state index in [-0.39, 0.29) is 5.90 Å². The first-order valence-electron chi connectivity index (χ1n) is 11.5. The van der Waals surface area contributed by atoms with Gasteiger partial charge in [-0.1, -0.05) is 48.5 Å². The number of benzene rings is 2. The van der Waals surface area contributed by atoms with E-state index in [0.29, 0.717) is 23.5 Å². The lowest BCUT2D eigenvalue weighted by Crippen LogP contribution is -2.20. The number of nitrogens with two attached hydrogens (primary N) is 1. The number of ether oxygens (including phenoxy) is 1. The second-order valence-electron chi connectivity index (χ2n) is 8.37. The molecule has 0 aliphatic carbocycles. The Labute approximate surface area is 213 Å². The molecule has 0 aliphatic rings. The maximum absolute atomic E-state index is 8.07. The molecule has 4 N–H and O–H groups in total. The third-order valence-corrected chi connectivity index (χ3v) is 5.75. The summed E-state index contributed by atoms with van der Waals surface area (Å²) in [6.07, 6.45) is 4.88. The maximum atomic E-state index is 8.07. The lowest BCUT2D eigenvalue weighted by atomic mass is 10.0. The third-order valence-electron chi connectivity index (χ3n) is 5.75. The predicted octanol–water partition coefficient (Wildman–Crippen LogP) is 4.63. The van der Waals surface area contributed by atoms with E-state index >= 15 is 0 Å². The Morgan fingerprint density at radius 1 is 0.919 bits per heavy atom. The summed E-state index contributed by atoms with van der Waals surface area (Å²) in [6.45, 7) is 0.547. The SMILES string of the molecule is CN(Cc1ccccn1)c1nc(-c2cncc(C(=N)OC(=N)N)c2)nc2cccc(-c3ccccc3)c12. The van der Waals surface area contributed by atoms with Gasteiger partial charge in [-0.25, -0.2) is 9.97 Å². The highest BCUT2D eigenvalue weighted by molar-refractivity contribution is 6.03. The molecule has 0 fully saturated rings. The summed E-state index contributed by atoms with van der Waals surface area (Å²) in [5.41, 5.74) is 10.0. The monoisotopic (exact) mass is 488 g/mol. The van der Waals surface area contributed by atoms with Crippen LogP contribution in [-0.2, 0) is 11.3 Å². The minimum atomic E-state index is -0.566. The van der Waals surface area contributed by atoms with Gasteiger partial charge in [0.05, 0.1) is 28.7 Å². The van der Waals surface area contributed by atoms with E-state index in [4.69, 9.17) is 31.3 Å². The fraction of sp³-hybridized carbons (Fsp3) is 0.0714. The molecule has 0 radical (unpaired) electrons. The maximum Gasteiger partial charge on any atom is 0.285 e. The molecule has 0 bridgehead atoms. The van der Waals surface area contributed by atoms with Crippen LogP contribution in [0.5, 0.6) is 0 Å². The summed E-state index contributed by atoms with van der Waals surface area (Å²) >= 11 is 0. The van der Waals surface area contributed by atoms with Crippen molar-refractivity contribution in [3.05, 3.63) is 103 Å². The topological polar surface area (TPSA) is 138 Å². The number of aromatic nitrogens is 4. The largest absolute Gasteiger partial charge is 0.407 e. The summed E-state index contributed by atoms with van der Waals surface area (Å²) < 4.78 is 4.94. The van der Waals surface area contributed by atoms with Crippen LogP contribution in [-0.4, -0.2) is 38.9 Å². The number of pyridine rings is 2. The summed E-state index contributed by atoms with van der Waals surface area (Å²) in [7, 11) is 1.98. The predicted molar refractivity (Wildman–Crippen MR) is 144 cm³/mol. The van der Waals surface area contributed by atoms with Gasteiger partial charge in [-0.05, 0) is 35.4 Å². The molecular weight excluding hydrogens is 464 g/mol. The summed E-state index contributed by atoms with van der Waals surface area (Å²) in [6, 6.07) is 23.1. The van der Waals surface area contributed by atoms with Crippen LogP contribution >= 0.6 is 0 Å². The van der Waals surface area contributed by atoms with Crippen molar-refractivity contribution in [2.75, 3.05) is 11.9 Å². The Bertz CT molecular complexity index is 1590. The molecule has 0 atom stereocenters. The third kappa shape index (κ3) is 5.10. The lowest BCUT2D eigenvalue weighted by molar-refractivity contribution is 0.527. The van der Waals surface area contributed by atoms with Crippen LogP contribution in [0.25, 0.3) is 33.4 Å². The molecule has 0 saturated carbocycles. The van der Waals surface area contributed by atoms with Crippen LogP contribution in [0, 0.1) is 10.8 Å². The van der Waals surface area contributed by atoms with Gasteiger partial charge in [0.25, 0.3) is 6.02 Å². The highest BCUT2D eigenvalue weighted by Crippen LogP contribution is 2.35. The van der Waals surface area contributed by atoms with Crippen molar-refractivity contribution < 1.29 is 4.74 Å².